The minimum Gasteiger partial charge on any atom is -0.464 e. The van der Waals surface area contributed by atoms with Crippen molar-refractivity contribution in [3.05, 3.63) is 20.8 Å². The van der Waals surface area contributed by atoms with Crippen LogP contribution in [0.15, 0.2) is 15.9 Å². The highest BCUT2D eigenvalue weighted by molar-refractivity contribution is 9.10. The summed E-state index contributed by atoms with van der Waals surface area (Å²) >= 11 is 6.42. The molecule has 1 atom stereocenters. The second-order valence-corrected chi connectivity index (χ2v) is 6.86. The fourth-order valence-electron chi connectivity index (χ4n) is 1.86. The Bertz CT molecular complexity index is 477. The summed E-state index contributed by atoms with van der Waals surface area (Å²) in [6, 6.07) is 1.37. The van der Waals surface area contributed by atoms with Gasteiger partial charge in [-0.25, -0.2) is 4.79 Å². The van der Waals surface area contributed by atoms with Crippen molar-refractivity contribution in [2.75, 3.05) is 24.7 Å². The summed E-state index contributed by atoms with van der Waals surface area (Å²) in [6.45, 7) is 2.69. The van der Waals surface area contributed by atoms with Crippen LogP contribution in [0.25, 0.3) is 0 Å². The third-order valence-electron chi connectivity index (χ3n) is 2.76. The molecule has 2 rings (SSSR count). The van der Waals surface area contributed by atoms with Crippen LogP contribution in [0.5, 0.6) is 0 Å². The van der Waals surface area contributed by atoms with E-state index in [2.05, 4.69) is 15.9 Å². The predicted octanol–water partition coefficient (Wildman–Crippen LogP) is 2.63. The van der Waals surface area contributed by atoms with Crippen LogP contribution in [0.3, 0.4) is 0 Å². The standard InChI is InChI=1S/C12H14BrNO3S2/c1-2-17-12(16)9-7-18-6-4-14(9)11(15)10-8(13)3-5-19-10/h3,5,9H,2,4,6-7H2,1H3. The Labute approximate surface area is 128 Å². The molecule has 0 N–H and O–H groups in total. The van der Waals surface area contributed by atoms with Crippen LogP contribution in [-0.4, -0.2) is 47.5 Å². The topological polar surface area (TPSA) is 46.6 Å². The largest absolute Gasteiger partial charge is 0.464 e. The molecule has 1 fully saturated rings. The van der Waals surface area contributed by atoms with Crippen molar-refractivity contribution >= 4 is 50.9 Å². The van der Waals surface area contributed by atoms with E-state index in [0.29, 0.717) is 23.8 Å². The molecule has 1 aliphatic heterocycles. The van der Waals surface area contributed by atoms with Gasteiger partial charge < -0.3 is 9.64 Å². The highest BCUT2D eigenvalue weighted by Gasteiger charge is 2.35. The van der Waals surface area contributed by atoms with Crippen molar-refractivity contribution in [2.24, 2.45) is 0 Å². The molecular weight excluding hydrogens is 350 g/mol. The van der Waals surface area contributed by atoms with E-state index >= 15 is 0 Å². The number of thiophene rings is 1. The number of hydrogen-bond acceptors (Lipinski definition) is 5. The molecule has 104 valence electrons. The lowest BCUT2D eigenvalue weighted by molar-refractivity contribution is -0.147. The van der Waals surface area contributed by atoms with Crippen LogP contribution >= 0.6 is 39.0 Å². The summed E-state index contributed by atoms with van der Waals surface area (Å²) in [6.07, 6.45) is 0. The molecule has 0 bridgehead atoms. The number of carbonyl (C=O) groups is 2. The Kier molecular flexibility index (Phi) is 5.29. The van der Waals surface area contributed by atoms with Crippen LogP contribution in [0, 0.1) is 0 Å². The van der Waals surface area contributed by atoms with Crippen molar-refractivity contribution in [3.63, 3.8) is 0 Å². The van der Waals surface area contributed by atoms with Crippen molar-refractivity contribution in [1.29, 1.82) is 0 Å². The lowest BCUT2D eigenvalue weighted by Crippen LogP contribution is -2.50. The molecule has 1 saturated heterocycles. The first-order valence-corrected chi connectivity index (χ1v) is 8.76. The van der Waals surface area contributed by atoms with Gasteiger partial charge >= 0.3 is 5.97 Å². The molecule has 7 heteroatoms. The Morgan fingerprint density at radius 2 is 2.37 bits per heavy atom. The third-order valence-corrected chi connectivity index (χ3v) is 5.61. The molecule has 1 aliphatic rings. The summed E-state index contributed by atoms with van der Waals surface area (Å²) in [5, 5.41) is 1.86. The molecular formula is C12H14BrNO3S2. The van der Waals surface area contributed by atoms with Crippen LogP contribution < -0.4 is 0 Å². The van der Waals surface area contributed by atoms with Crippen molar-refractivity contribution in [2.45, 2.75) is 13.0 Å². The van der Waals surface area contributed by atoms with E-state index in [1.807, 2.05) is 11.4 Å². The zero-order chi connectivity index (χ0) is 13.8. The van der Waals surface area contributed by atoms with Gasteiger partial charge in [0, 0.05) is 22.5 Å². The molecule has 2 heterocycles. The van der Waals surface area contributed by atoms with Gasteiger partial charge in [0.25, 0.3) is 5.91 Å². The number of hydrogen-bond donors (Lipinski definition) is 0. The van der Waals surface area contributed by atoms with Crippen molar-refractivity contribution < 1.29 is 14.3 Å². The van der Waals surface area contributed by atoms with Gasteiger partial charge in [-0.2, -0.15) is 11.8 Å². The highest BCUT2D eigenvalue weighted by atomic mass is 79.9. The van der Waals surface area contributed by atoms with E-state index < -0.39 is 6.04 Å². The minimum absolute atomic E-state index is 0.0970. The lowest BCUT2D eigenvalue weighted by atomic mass is 10.2. The van der Waals surface area contributed by atoms with Gasteiger partial charge in [-0.1, -0.05) is 0 Å². The molecule has 0 aliphatic carbocycles. The SMILES string of the molecule is CCOC(=O)C1CSCCN1C(=O)c1sccc1Br. The van der Waals surface area contributed by atoms with E-state index in [4.69, 9.17) is 4.74 Å². The Morgan fingerprint density at radius 1 is 1.58 bits per heavy atom. The summed E-state index contributed by atoms with van der Waals surface area (Å²) in [5.74, 6) is 1.05. The first kappa shape index (κ1) is 14.9. The van der Waals surface area contributed by atoms with E-state index in [1.54, 1.807) is 23.6 Å². The first-order valence-electron chi connectivity index (χ1n) is 5.93. The monoisotopic (exact) mass is 363 g/mol. The maximum absolute atomic E-state index is 12.5. The van der Waals surface area contributed by atoms with Gasteiger partial charge in [-0.15, -0.1) is 11.3 Å². The fraction of sp³-hybridized carbons (Fsp3) is 0.500. The van der Waals surface area contributed by atoms with Crippen molar-refractivity contribution in [3.8, 4) is 0 Å². The number of thioether (sulfide) groups is 1. The lowest BCUT2D eigenvalue weighted by Gasteiger charge is -2.33. The number of halogens is 1. The molecule has 4 nitrogen and oxygen atoms in total. The average Bonchev–Trinajstić information content (AvgIpc) is 2.84. The molecule has 1 amide bonds. The molecule has 19 heavy (non-hydrogen) atoms. The Morgan fingerprint density at radius 3 is 3.00 bits per heavy atom. The van der Waals surface area contributed by atoms with E-state index in [0.717, 1.165) is 10.2 Å². The number of amides is 1. The Balaban J connectivity index is 2.18. The molecule has 0 saturated carbocycles. The second-order valence-electron chi connectivity index (χ2n) is 3.94. The normalized spacial score (nSPS) is 19.3. The fourth-order valence-corrected chi connectivity index (χ4v) is 4.39. The van der Waals surface area contributed by atoms with Gasteiger partial charge in [0.15, 0.2) is 0 Å². The number of rotatable bonds is 3. The maximum atomic E-state index is 12.5. The highest BCUT2D eigenvalue weighted by Crippen LogP contribution is 2.27. The summed E-state index contributed by atoms with van der Waals surface area (Å²) < 4.78 is 5.84. The van der Waals surface area contributed by atoms with Gasteiger partial charge in [-0.3, -0.25) is 4.79 Å². The minimum atomic E-state index is -0.472. The molecule has 1 unspecified atom stereocenters. The average molecular weight is 364 g/mol. The van der Waals surface area contributed by atoms with E-state index in [9.17, 15) is 9.59 Å². The van der Waals surface area contributed by atoms with E-state index in [1.165, 1.54) is 11.3 Å². The number of esters is 1. The molecule has 1 aromatic heterocycles. The van der Waals surface area contributed by atoms with Gasteiger partial charge in [0.2, 0.25) is 0 Å². The van der Waals surface area contributed by atoms with Gasteiger partial charge in [0.1, 0.15) is 10.9 Å². The quantitative estimate of drug-likeness (QED) is 0.774. The number of nitrogens with zero attached hydrogens (tertiary/aromatic N) is 1. The van der Waals surface area contributed by atoms with E-state index in [-0.39, 0.29) is 11.9 Å². The van der Waals surface area contributed by atoms with Gasteiger partial charge in [-0.05, 0) is 34.3 Å². The zero-order valence-electron chi connectivity index (χ0n) is 10.4. The molecule has 1 aromatic rings. The molecule has 0 aromatic carbocycles. The molecule has 0 spiro atoms. The van der Waals surface area contributed by atoms with Gasteiger partial charge in [0.05, 0.1) is 6.61 Å². The molecule has 0 radical (unpaired) electrons. The smallest absolute Gasteiger partial charge is 0.329 e. The van der Waals surface area contributed by atoms with Crippen LogP contribution in [0.4, 0.5) is 0 Å². The Hall–Kier alpha value is -0.530. The second kappa shape index (κ2) is 6.76. The first-order chi connectivity index (χ1) is 9.15. The van der Waals surface area contributed by atoms with Crippen LogP contribution in [0.2, 0.25) is 0 Å². The predicted molar refractivity (Wildman–Crippen MR) is 80.8 cm³/mol. The summed E-state index contributed by atoms with van der Waals surface area (Å²) in [7, 11) is 0. The third kappa shape index (κ3) is 3.32. The maximum Gasteiger partial charge on any atom is 0.329 e. The number of carbonyl (C=O) groups excluding carboxylic acids is 2. The van der Waals surface area contributed by atoms with Crippen LogP contribution in [-0.2, 0) is 9.53 Å². The summed E-state index contributed by atoms with van der Waals surface area (Å²) in [5.41, 5.74) is 0. The summed E-state index contributed by atoms with van der Waals surface area (Å²) in [4.78, 5) is 26.7. The number of ether oxygens (including phenoxy) is 1. The van der Waals surface area contributed by atoms with Crippen molar-refractivity contribution in [1.82, 2.24) is 4.90 Å². The van der Waals surface area contributed by atoms with Crippen LogP contribution in [0.1, 0.15) is 16.6 Å². The zero-order valence-corrected chi connectivity index (χ0v) is 13.6.